The molecule has 9 nitrogen and oxygen atoms in total. The van der Waals surface area contributed by atoms with Crippen LogP contribution in [0.3, 0.4) is 0 Å². The first-order valence-electron chi connectivity index (χ1n) is 7.75. The summed E-state index contributed by atoms with van der Waals surface area (Å²) in [5.74, 6) is -0.127. The molecular weight excluding hydrogens is 392 g/mol. The van der Waals surface area contributed by atoms with Crippen LogP contribution in [0.4, 0.5) is 0 Å². The number of sulfone groups is 1. The van der Waals surface area contributed by atoms with Gasteiger partial charge in [0.25, 0.3) is 5.91 Å². The number of amides is 1. The van der Waals surface area contributed by atoms with Crippen LogP contribution in [0, 0.1) is 0 Å². The van der Waals surface area contributed by atoms with Crippen molar-refractivity contribution in [3.63, 3.8) is 0 Å². The molecule has 0 radical (unpaired) electrons. The molecule has 27 heavy (non-hydrogen) atoms. The molecule has 2 aromatic heterocycles. The highest BCUT2D eigenvalue weighted by atomic mass is 35.5. The summed E-state index contributed by atoms with van der Waals surface area (Å²) < 4.78 is 23.5. The second-order valence-corrected chi connectivity index (χ2v) is 8.18. The molecule has 0 bridgehead atoms. The van der Waals surface area contributed by atoms with Crippen LogP contribution in [-0.4, -0.2) is 45.5 Å². The molecule has 0 aliphatic rings. The lowest BCUT2D eigenvalue weighted by atomic mass is 10.1. The van der Waals surface area contributed by atoms with Gasteiger partial charge in [0.05, 0.1) is 23.3 Å². The third-order valence-corrected chi connectivity index (χ3v) is 4.94. The Bertz CT molecular complexity index is 1090. The molecule has 0 saturated carbocycles. The Hall–Kier alpha value is -2.85. The van der Waals surface area contributed by atoms with E-state index in [4.69, 9.17) is 11.6 Å². The predicted octanol–water partition coefficient (Wildman–Crippen LogP) is 1.61. The second-order valence-electron chi connectivity index (χ2n) is 5.73. The smallest absolute Gasteiger partial charge is 0.251 e. The molecule has 0 aliphatic heterocycles. The summed E-state index contributed by atoms with van der Waals surface area (Å²) in [6.07, 6.45) is 7.03. The van der Waals surface area contributed by atoms with Gasteiger partial charge in [-0.3, -0.25) is 9.78 Å². The van der Waals surface area contributed by atoms with E-state index in [0.29, 0.717) is 11.5 Å². The van der Waals surface area contributed by atoms with Crippen molar-refractivity contribution in [2.75, 3.05) is 6.26 Å². The van der Waals surface area contributed by atoms with E-state index in [2.05, 4.69) is 25.5 Å². The maximum Gasteiger partial charge on any atom is 0.251 e. The van der Waals surface area contributed by atoms with Crippen LogP contribution < -0.4 is 5.32 Å². The summed E-state index contributed by atoms with van der Waals surface area (Å²) in [4.78, 5) is 22.3. The minimum Gasteiger partial charge on any atom is -0.344 e. The number of carbonyl (C=O) groups is 1. The third kappa shape index (κ3) is 4.29. The van der Waals surface area contributed by atoms with Crippen LogP contribution >= 0.6 is 11.6 Å². The summed E-state index contributed by atoms with van der Waals surface area (Å²) in [5, 5.41) is 11.0. The average molecular weight is 407 g/mol. The number of halogens is 1. The Balaban J connectivity index is 1.89. The van der Waals surface area contributed by atoms with Crippen molar-refractivity contribution in [2.24, 2.45) is 0 Å². The Labute approximate surface area is 160 Å². The highest BCUT2D eigenvalue weighted by molar-refractivity contribution is 7.90. The normalized spacial score (nSPS) is 12.6. The quantitative estimate of drug-likeness (QED) is 0.683. The van der Waals surface area contributed by atoms with E-state index in [1.807, 2.05) is 0 Å². The fourth-order valence-corrected chi connectivity index (χ4v) is 3.36. The van der Waals surface area contributed by atoms with E-state index >= 15 is 0 Å². The number of hydrogen-bond donors (Lipinski definition) is 1. The van der Waals surface area contributed by atoms with E-state index < -0.39 is 21.8 Å². The van der Waals surface area contributed by atoms with Crippen molar-refractivity contribution in [1.82, 2.24) is 30.3 Å². The molecule has 1 N–H and O–H groups in total. The van der Waals surface area contributed by atoms with Gasteiger partial charge in [0.1, 0.15) is 5.69 Å². The van der Waals surface area contributed by atoms with E-state index in [9.17, 15) is 13.2 Å². The minimum atomic E-state index is -3.50. The van der Waals surface area contributed by atoms with Gasteiger partial charge in [0.15, 0.2) is 15.7 Å². The van der Waals surface area contributed by atoms with Crippen LogP contribution in [0.5, 0.6) is 0 Å². The van der Waals surface area contributed by atoms with Gasteiger partial charge in [-0.1, -0.05) is 11.6 Å². The van der Waals surface area contributed by atoms with Crippen molar-refractivity contribution < 1.29 is 13.2 Å². The summed E-state index contributed by atoms with van der Waals surface area (Å²) >= 11 is 5.96. The minimum absolute atomic E-state index is 0.0336. The van der Waals surface area contributed by atoms with Gasteiger partial charge in [-0.2, -0.15) is 10.2 Å². The number of nitrogens with zero attached hydrogens (tertiary/aromatic N) is 5. The van der Waals surface area contributed by atoms with Crippen LogP contribution in [-0.2, 0) is 9.84 Å². The summed E-state index contributed by atoms with van der Waals surface area (Å²) in [7, 11) is -3.50. The Kier molecular flexibility index (Phi) is 5.19. The zero-order valence-electron chi connectivity index (χ0n) is 14.4. The number of benzene rings is 1. The van der Waals surface area contributed by atoms with Gasteiger partial charge >= 0.3 is 0 Å². The molecule has 2 heterocycles. The van der Waals surface area contributed by atoms with Crippen molar-refractivity contribution in [2.45, 2.75) is 17.9 Å². The lowest BCUT2D eigenvalue weighted by Gasteiger charge is -2.16. The van der Waals surface area contributed by atoms with Crippen LogP contribution in [0.15, 0.2) is 47.9 Å². The average Bonchev–Trinajstić information content (AvgIpc) is 3.15. The molecule has 3 aromatic rings. The largest absolute Gasteiger partial charge is 0.344 e. The first-order chi connectivity index (χ1) is 12.8. The molecule has 140 valence electrons. The molecule has 0 saturated heterocycles. The maximum atomic E-state index is 12.6. The molecule has 1 amide bonds. The standard InChI is InChI=1S/C16H15ClN6O3S/c1-10(14-15(19-4-3-18-14)23-20-5-6-21-23)22-16(24)11-7-12(17)9-13(8-11)27(2,25)26/h3-10H,1-2H3,(H,22,24)/t10-/m0/s1. The van der Waals surface area contributed by atoms with Gasteiger partial charge in [-0.05, 0) is 25.1 Å². The monoisotopic (exact) mass is 406 g/mol. The highest BCUT2D eigenvalue weighted by Gasteiger charge is 2.20. The second kappa shape index (κ2) is 7.41. The summed E-state index contributed by atoms with van der Waals surface area (Å²) in [6.45, 7) is 1.72. The SMILES string of the molecule is C[C@H](NC(=O)c1cc(Cl)cc(S(C)(=O)=O)c1)c1nccnc1-n1nccn1. The highest BCUT2D eigenvalue weighted by Crippen LogP contribution is 2.21. The Morgan fingerprint density at radius 3 is 2.44 bits per heavy atom. The van der Waals surface area contributed by atoms with E-state index in [1.54, 1.807) is 6.92 Å². The number of rotatable bonds is 5. The number of hydrogen-bond acceptors (Lipinski definition) is 7. The maximum absolute atomic E-state index is 12.6. The number of carbonyl (C=O) groups excluding carboxylic acids is 1. The number of aromatic nitrogens is 5. The lowest BCUT2D eigenvalue weighted by molar-refractivity contribution is 0.0939. The van der Waals surface area contributed by atoms with Crippen molar-refractivity contribution in [3.8, 4) is 5.82 Å². The van der Waals surface area contributed by atoms with Crippen molar-refractivity contribution in [3.05, 3.63) is 59.3 Å². The zero-order chi connectivity index (χ0) is 19.6. The molecule has 1 aromatic carbocycles. The van der Waals surface area contributed by atoms with E-state index in [-0.39, 0.29) is 15.5 Å². The topological polar surface area (TPSA) is 120 Å². The fraction of sp³-hybridized carbons (Fsp3) is 0.188. The summed E-state index contributed by atoms with van der Waals surface area (Å²) in [6, 6.07) is 3.41. The Morgan fingerprint density at radius 1 is 1.11 bits per heavy atom. The predicted molar refractivity (Wildman–Crippen MR) is 97.4 cm³/mol. The molecule has 0 unspecified atom stereocenters. The van der Waals surface area contributed by atoms with E-state index in [0.717, 1.165) is 6.26 Å². The van der Waals surface area contributed by atoms with Gasteiger partial charge in [0, 0.05) is 29.2 Å². The summed E-state index contributed by atoms with van der Waals surface area (Å²) in [5.41, 5.74) is 0.574. The molecule has 0 spiro atoms. The fourth-order valence-electron chi connectivity index (χ4n) is 2.38. The van der Waals surface area contributed by atoms with Crippen molar-refractivity contribution >= 4 is 27.3 Å². The van der Waals surface area contributed by atoms with Crippen LogP contribution in [0.1, 0.15) is 29.0 Å². The van der Waals surface area contributed by atoms with E-state index in [1.165, 1.54) is 47.8 Å². The Morgan fingerprint density at radius 2 is 1.78 bits per heavy atom. The molecule has 1 atom stereocenters. The molecule has 11 heteroatoms. The first-order valence-corrected chi connectivity index (χ1v) is 10.0. The lowest BCUT2D eigenvalue weighted by Crippen LogP contribution is -2.28. The third-order valence-electron chi connectivity index (χ3n) is 3.63. The van der Waals surface area contributed by atoms with Crippen molar-refractivity contribution in [1.29, 1.82) is 0 Å². The molecule has 0 fully saturated rings. The molecule has 3 rings (SSSR count). The number of nitrogens with one attached hydrogen (secondary N) is 1. The van der Waals surface area contributed by atoms with Gasteiger partial charge in [0.2, 0.25) is 0 Å². The van der Waals surface area contributed by atoms with Gasteiger partial charge in [-0.25, -0.2) is 13.4 Å². The first kappa shape index (κ1) is 18.9. The molecular formula is C16H15ClN6O3S. The van der Waals surface area contributed by atoms with Gasteiger partial charge in [-0.15, -0.1) is 4.80 Å². The van der Waals surface area contributed by atoms with Gasteiger partial charge < -0.3 is 5.32 Å². The van der Waals surface area contributed by atoms with Crippen LogP contribution in [0.25, 0.3) is 5.82 Å². The zero-order valence-corrected chi connectivity index (χ0v) is 15.9. The van der Waals surface area contributed by atoms with Crippen LogP contribution in [0.2, 0.25) is 5.02 Å². The molecule has 0 aliphatic carbocycles.